The summed E-state index contributed by atoms with van der Waals surface area (Å²) in [4.78, 5) is 10.5. The number of ketones is 1. The number of aliphatic hydroxyl groups is 2. The van der Waals surface area contributed by atoms with Gasteiger partial charge in [0.1, 0.15) is 12.7 Å². The molecule has 2 N–H and O–H groups in total. The minimum atomic E-state index is -1.00. The highest BCUT2D eigenvalue weighted by molar-refractivity contribution is 5.83. The molecule has 0 bridgehead atoms. The number of carbonyl (C=O) groups excluding carboxylic acids is 1. The normalized spacial score (nSPS) is 13.9. The van der Waals surface area contributed by atoms with Crippen molar-refractivity contribution in [2.24, 2.45) is 5.92 Å². The van der Waals surface area contributed by atoms with Crippen molar-refractivity contribution in [3.05, 3.63) is 0 Å². The summed E-state index contributed by atoms with van der Waals surface area (Å²) in [5.41, 5.74) is 0. The van der Waals surface area contributed by atoms with Gasteiger partial charge in [-0.25, -0.2) is 0 Å². The lowest BCUT2D eigenvalue weighted by atomic mass is 10.0. The molecule has 1 atom stereocenters. The molecule has 0 aliphatic heterocycles. The second kappa shape index (κ2) is 3.58. The lowest BCUT2D eigenvalue weighted by Crippen LogP contribution is -2.28. The summed E-state index contributed by atoms with van der Waals surface area (Å²) in [6, 6.07) is 0. The summed E-state index contributed by atoms with van der Waals surface area (Å²) in [5.74, 6) is -0.616. The van der Waals surface area contributed by atoms with E-state index >= 15 is 0 Å². The molecule has 0 spiro atoms. The van der Waals surface area contributed by atoms with E-state index in [1.807, 2.05) is 0 Å². The molecule has 54 valence electrons. The standard InChI is InChI=1S/C6H12O3/c1-4(2)6(9)5(8)3-7/h4,6-7,9H,3H2,1-2H3. The molecular formula is C6H12O3. The molecule has 0 aromatic heterocycles. The topological polar surface area (TPSA) is 57.5 Å². The van der Waals surface area contributed by atoms with E-state index in [9.17, 15) is 4.79 Å². The molecule has 0 heterocycles. The molecule has 0 amide bonds. The predicted octanol–water partition coefficient (Wildman–Crippen LogP) is -0.435. The molecule has 0 fully saturated rings. The SMILES string of the molecule is CC(C)C(O)C(=O)CO. The second-order valence-electron chi connectivity index (χ2n) is 2.31. The van der Waals surface area contributed by atoms with E-state index in [0.29, 0.717) is 0 Å². The van der Waals surface area contributed by atoms with Crippen molar-refractivity contribution >= 4 is 5.78 Å². The maximum atomic E-state index is 10.5. The Hall–Kier alpha value is -0.410. The Labute approximate surface area is 54.3 Å². The van der Waals surface area contributed by atoms with Crippen LogP contribution in [0.1, 0.15) is 13.8 Å². The van der Waals surface area contributed by atoms with Gasteiger partial charge in [-0.3, -0.25) is 4.79 Å². The van der Waals surface area contributed by atoms with E-state index in [-0.39, 0.29) is 5.92 Å². The van der Waals surface area contributed by atoms with Crippen LogP contribution in [0.3, 0.4) is 0 Å². The van der Waals surface area contributed by atoms with Crippen LogP contribution in [0.2, 0.25) is 0 Å². The summed E-state index contributed by atoms with van der Waals surface area (Å²) < 4.78 is 0. The van der Waals surface area contributed by atoms with Crippen LogP contribution in [0, 0.1) is 5.92 Å². The highest BCUT2D eigenvalue weighted by atomic mass is 16.3. The number of carbonyl (C=O) groups is 1. The van der Waals surface area contributed by atoms with Gasteiger partial charge >= 0.3 is 0 Å². The van der Waals surface area contributed by atoms with E-state index in [4.69, 9.17) is 10.2 Å². The van der Waals surface area contributed by atoms with Crippen LogP contribution >= 0.6 is 0 Å². The summed E-state index contributed by atoms with van der Waals surface area (Å²) in [5, 5.41) is 17.1. The van der Waals surface area contributed by atoms with E-state index in [1.165, 1.54) is 0 Å². The van der Waals surface area contributed by atoms with Crippen LogP contribution in [-0.4, -0.2) is 28.7 Å². The molecule has 0 aliphatic rings. The van der Waals surface area contributed by atoms with Crippen LogP contribution in [0.25, 0.3) is 0 Å². The molecule has 0 rings (SSSR count). The summed E-state index contributed by atoms with van der Waals surface area (Å²) in [7, 11) is 0. The molecule has 1 unspecified atom stereocenters. The van der Waals surface area contributed by atoms with Crippen molar-refractivity contribution in [2.75, 3.05) is 6.61 Å². The van der Waals surface area contributed by atoms with Gasteiger partial charge < -0.3 is 10.2 Å². The van der Waals surface area contributed by atoms with E-state index in [2.05, 4.69) is 0 Å². The number of rotatable bonds is 3. The molecule has 0 saturated heterocycles. The lowest BCUT2D eigenvalue weighted by molar-refractivity contribution is -0.131. The summed E-state index contributed by atoms with van der Waals surface area (Å²) in [6.45, 7) is 2.87. The van der Waals surface area contributed by atoms with Crippen LogP contribution in [0.4, 0.5) is 0 Å². The molecule has 3 nitrogen and oxygen atoms in total. The van der Waals surface area contributed by atoms with Crippen LogP contribution in [0.15, 0.2) is 0 Å². The Kier molecular flexibility index (Phi) is 3.42. The van der Waals surface area contributed by atoms with Gasteiger partial charge in [0.15, 0.2) is 5.78 Å². The molecule has 9 heavy (non-hydrogen) atoms. The summed E-state index contributed by atoms with van der Waals surface area (Å²) in [6.07, 6.45) is -1.00. The maximum absolute atomic E-state index is 10.5. The molecule has 0 saturated carbocycles. The zero-order chi connectivity index (χ0) is 7.44. The Balaban J connectivity index is 3.72. The van der Waals surface area contributed by atoms with E-state index < -0.39 is 18.5 Å². The van der Waals surface area contributed by atoms with Crippen LogP contribution in [0.5, 0.6) is 0 Å². The highest BCUT2D eigenvalue weighted by Crippen LogP contribution is 2.00. The second-order valence-corrected chi connectivity index (χ2v) is 2.31. The predicted molar refractivity (Wildman–Crippen MR) is 32.9 cm³/mol. The highest BCUT2D eigenvalue weighted by Gasteiger charge is 2.16. The average molecular weight is 132 g/mol. The first kappa shape index (κ1) is 8.59. The maximum Gasteiger partial charge on any atom is 0.186 e. The third kappa shape index (κ3) is 2.58. The van der Waals surface area contributed by atoms with Gasteiger partial charge in [-0.05, 0) is 5.92 Å². The van der Waals surface area contributed by atoms with Crippen LogP contribution < -0.4 is 0 Å². The number of aliphatic hydroxyl groups excluding tert-OH is 2. The number of hydrogen-bond donors (Lipinski definition) is 2. The first-order valence-corrected chi connectivity index (χ1v) is 2.91. The van der Waals surface area contributed by atoms with Gasteiger partial charge in [0.25, 0.3) is 0 Å². The fraction of sp³-hybridized carbons (Fsp3) is 0.833. The third-order valence-electron chi connectivity index (χ3n) is 1.12. The van der Waals surface area contributed by atoms with Crippen molar-refractivity contribution in [1.29, 1.82) is 0 Å². The fourth-order valence-electron chi connectivity index (χ4n) is 0.465. The Morgan fingerprint density at radius 1 is 1.56 bits per heavy atom. The van der Waals surface area contributed by atoms with Gasteiger partial charge in [-0.2, -0.15) is 0 Å². The van der Waals surface area contributed by atoms with Gasteiger partial charge in [0.05, 0.1) is 0 Å². The minimum absolute atomic E-state index is 0.107. The van der Waals surface area contributed by atoms with Crippen molar-refractivity contribution < 1.29 is 15.0 Å². The van der Waals surface area contributed by atoms with Crippen LogP contribution in [-0.2, 0) is 4.79 Å². The summed E-state index contributed by atoms with van der Waals surface area (Å²) >= 11 is 0. The first-order chi connectivity index (χ1) is 4.09. The van der Waals surface area contributed by atoms with Crippen molar-refractivity contribution in [3.8, 4) is 0 Å². The minimum Gasteiger partial charge on any atom is -0.388 e. The average Bonchev–Trinajstić information content (AvgIpc) is 1.84. The Morgan fingerprint density at radius 2 is 2.00 bits per heavy atom. The number of hydrogen-bond acceptors (Lipinski definition) is 3. The zero-order valence-electron chi connectivity index (χ0n) is 5.66. The Bertz CT molecular complexity index is 98.5. The molecule has 0 radical (unpaired) electrons. The number of Topliss-reactive ketones (excluding diaryl/α,β-unsaturated/α-hetero) is 1. The van der Waals surface area contributed by atoms with Gasteiger partial charge in [-0.15, -0.1) is 0 Å². The largest absolute Gasteiger partial charge is 0.388 e. The zero-order valence-corrected chi connectivity index (χ0v) is 5.66. The smallest absolute Gasteiger partial charge is 0.186 e. The van der Waals surface area contributed by atoms with Gasteiger partial charge in [0.2, 0.25) is 0 Å². The molecule has 3 heteroatoms. The molecule has 0 aromatic rings. The van der Waals surface area contributed by atoms with E-state index in [1.54, 1.807) is 13.8 Å². The lowest BCUT2D eigenvalue weighted by Gasteiger charge is -2.10. The quantitative estimate of drug-likeness (QED) is 0.547. The molecular weight excluding hydrogens is 120 g/mol. The van der Waals surface area contributed by atoms with Crippen molar-refractivity contribution in [3.63, 3.8) is 0 Å². The fourth-order valence-corrected chi connectivity index (χ4v) is 0.465. The molecule has 0 aliphatic carbocycles. The molecule has 0 aromatic carbocycles. The van der Waals surface area contributed by atoms with E-state index in [0.717, 1.165) is 0 Å². The Morgan fingerprint density at radius 3 is 2.11 bits per heavy atom. The van der Waals surface area contributed by atoms with Crippen molar-refractivity contribution in [2.45, 2.75) is 20.0 Å². The first-order valence-electron chi connectivity index (χ1n) is 2.91. The van der Waals surface area contributed by atoms with Gasteiger partial charge in [0, 0.05) is 0 Å². The monoisotopic (exact) mass is 132 g/mol. The van der Waals surface area contributed by atoms with Gasteiger partial charge in [-0.1, -0.05) is 13.8 Å². The third-order valence-corrected chi connectivity index (χ3v) is 1.12. The van der Waals surface area contributed by atoms with Crippen molar-refractivity contribution in [1.82, 2.24) is 0 Å².